The zero-order chi connectivity index (χ0) is 22.9. The molecule has 3 N–H and O–H groups in total. The average Bonchev–Trinajstić information content (AvgIpc) is 3.12. The molecule has 0 radical (unpaired) electrons. The Morgan fingerprint density at radius 1 is 1.06 bits per heavy atom. The van der Waals surface area contributed by atoms with Crippen molar-refractivity contribution >= 4 is 23.1 Å². The van der Waals surface area contributed by atoms with E-state index in [1.807, 2.05) is 48.5 Å². The predicted molar refractivity (Wildman–Crippen MR) is 132 cm³/mol. The molecule has 0 aliphatic carbocycles. The number of aromatic nitrogens is 1. The van der Waals surface area contributed by atoms with E-state index >= 15 is 0 Å². The summed E-state index contributed by atoms with van der Waals surface area (Å²) in [5.41, 5.74) is 3.89. The van der Waals surface area contributed by atoms with E-state index in [1.165, 1.54) is 19.3 Å². The number of nitrogens with zero attached hydrogens (tertiary/aromatic N) is 1. The second-order valence-corrected chi connectivity index (χ2v) is 8.98. The van der Waals surface area contributed by atoms with Crippen LogP contribution < -0.4 is 15.1 Å². The van der Waals surface area contributed by atoms with Crippen molar-refractivity contribution in [3.05, 3.63) is 68.6 Å². The van der Waals surface area contributed by atoms with Crippen LogP contribution >= 0.6 is 11.3 Å². The highest BCUT2D eigenvalue weighted by Gasteiger charge is 2.12. The lowest BCUT2D eigenvalue weighted by Gasteiger charge is -2.19. The number of benzene rings is 2. The van der Waals surface area contributed by atoms with Crippen LogP contribution in [0, 0.1) is 0 Å². The summed E-state index contributed by atoms with van der Waals surface area (Å²) >= 11 is 1.02. The van der Waals surface area contributed by atoms with Crippen LogP contribution in [0.25, 0.3) is 11.1 Å². The molecule has 0 bridgehead atoms. The standard InChI is InChI=1S/C25H31N3O3S/c1-3-4-5-6-7-15-26-24(30)28(2)21-10-8-9-20(17-21)19-13-11-18(12-14-19)16-22-23(29)27-25(31)32-22/h8-14,17,29H,3-7,15-16H2,1-2H3,(H,26,30)(H,27,31). The van der Waals surface area contributed by atoms with E-state index in [9.17, 15) is 14.7 Å². The van der Waals surface area contributed by atoms with Crippen molar-refractivity contribution < 1.29 is 9.90 Å². The molecule has 0 spiro atoms. The van der Waals surface area contributed by atoms with Crippen LogP contribution in [0.15, 0.2) is 53.3 Å². The fourth-order valence-corrected chi connectivity index (χ4v) is 4.28. The van der Waals surface area contributed by atoms with Crippen LogP contribution in [-0.4, -0.2) is 29.7 Å². The first-order valence-corrected chi connectivity index (χ1v) is 11.9. The lowest BCUT2D eigenvalue weighted by atomic mass is 10.0. The quantitative estimate of drug-likeness (QED) is 0.354. The Kier molecular flexibility index (Phi) is 8.50. The van der Waals surface area contributed by atoms with Crippen molar-refractivity contribution in [3.8, 4) is 17.0 Å². The highest BCUT2D eigenvalue weighted by atomic mass is 32.1. The maximum atomic E-state index is 12.5. The number of unbranched alkanes of at least 4 members (excludes halogenated alkanes) is 4. The smallest absolute Gasteiger partial charge is 0.321 e. The van der Waals surface area contributed by atoms with Gasteiger partial charge in [0, 0.05) is 25.7 Å². The fraction of sp³-hybridized carbons (Fsp3) is 0.360. The summed E-state index contributed by atoms with van der Waals surface area (Å²) in [6.07, 6.45) is 6.33. The van der Waals surface area contributed by atoms with Crippen molar-refractivity contribution in [2.75, 3.05) is 18.5 Å². The number of anilines is 1. The van der Waals surface area contributed by atoms with Crippen molar-refractivity contribution in [2.24, 2.45) is 0 Å². The molecule has 1 aromatic heterocycles. The topological polar surface area (TPSA) is 85.4 Å². The number of H-pyrrole nitrogens is 1. The molecule has 0 fully saturated rings. The van der Waals surface area contributed by atoms with Gasteiger partial charge in [0.1, 0.15) is 0 Å². The number of amides is 2. The number of hydrogen-bond donors (Lipinski definition) is 3. The van der Waals surface area contributed by atoms with Gasteiger partial charge in [-0.15, -0.1) is 0 Å². The highest BCUT2D eigenvalue weighted by Crippen LogP contribution is 2.26. The molecular formula is C25H31N3O3S. The third-order valence-corrected chi connectivity index (χ3v) is 6.32. The second kappa shape index (κ2) is 11.5. The third-order valence-electron chi connectivity index (χ3n) is 5.45. The third kappa shape index (κ3) is 6.47. The Morgan fingerprint density at radius 3 is 2.50 bits per heavy atom. The Balaban J connectivity index is 1.60. The van der Waals surface area contributed by atoms with Gasteiger partial charge in [0.2, 0.25) is 5.88 Å². The van der Waals surface area contributed by atoms with Gasteiger partial charge in [-0.1, -0.05) is 80.3 Å². The van der Waals surface area contributed by atoms with E-state index in [2.05, 4.69) is 17.2 Å². The summed E-state index contributed by atoms with van der Waals surface area (Å²) in [5.74, 6) is -0.0564. The van der Waals surface area contributed by atoms with E-state index in [-0.39, 0.29) is 16.8 Å². The molecule has 2 aromatic carbocycles. The summed E-state index contributed by atoms with van der Waals surface area (Å²) in [4.78, 5) is 28.3. The van der Waals surface area contributed by atoms with Gasteiger partial charge in [-0.3, -0.25) is 14.7 Å². The lowest BCUT2D eigenvalue weighted by Crippen LogP contribution is -2.37. The van der Waals surface area contributed by atoms with Crippen molar-refractivity contribution in [1.82, 2.24) is 10.3 Å². The van der Waals surface area contributed by atoms with Gasteiger partial charge in [0.15, 0.2) is 0 Å². The number of urea groups is 1. The summed E-state index contributed by atoms with van der Waals surface area (Å²) in [6, 6.07) is 15.8. The van der Waals surface area contributed by atoms with Crippen LogP contribution in [0.3, 0.4) is 0 Å². The van der Waals surface area contributed by atoms with Gasteiger partial charge in [-0.05, 0) is 35.2 Å². The summed E-state index contributed by atoms with van der Waals surface area (Å²) < 4.78 is 0. The molecule has 170 valence electrons. The van der Waals surface area contributed by atoms with Gasteiger partial charge in [-0.25, -0.2) is 4.79 Å². The van der Waals surface area contributed by atoms with E-state index < -0.39 is 0 Å². The molecule has 3 aromatic rings. The van der Waals surface area contributed by atoms with E-state index in [0.717, 1.165) is 46.6 Å². The van der Waals surface area contributed by atoms with Crippen LogP contribution in [0.5, 0.6) is 5.88 Å². The minimum atomic E-state index is -0.254. The number of aromatic amines is 1. The number of hydrogen-bond acceptors (Lipinski definition) is 4. The predicted octanol–water partition coefficient (Wildman–Crippen LogP) is 5.52. The monoisotopic (exact) mass is 453 g/mol. The minimum Gasteiger partial charge on any atom is -0.494 e. The molecule has 0 saturated heterocycles. The molecule has 6 nitrogen and oxygen atoms in total. The van der Waals surface area contributed by atoms with Gasteiger partial charge in [0.25, 0.3) is 0 Å². The number of aromatic hydroxyl groups is 1. The number of carbonyl (C=O) groups is 1. The van der Waals surface area contributed by atoms with E-state index in [4.69, 9.17) is 0 Å². The first kappa shape index (κ1) is 23.6. The maximum absolute atomic E-state index is 12.5. The molecule has 3 rings (SSSR count). The number of carbonyl (C=O) groups excluding carboxylic acids is 1. The highest BCUT2D eigenvalue weighted by molar-refractivity contribution is 7.09. The van der Waals surface area contributed by atoms with Crippen LogP contribution in [0.1, 0.15) is 49.5 Å². The zero-order valence-corrected chi connectivity index (χ0v) is 19.5. The van der Waals surface area contributed by atoms with Gasteiger partial charge < -0.3 is 10.4 Å². The molecule has 32 heavy (non-hydrogen) atoms. The molecule has 0 unspecified atom stereocenters. The van der Waals surface area contributed by atoms with E-state index in [0.29, 0.717) is 17.8 Å². The SMILES string of the molecule is CCCCCCCNC(=O)N(C)c1cccc(-c2ccc(Cc3sc(=O)[nH]c3O)cc2)c1. The zero-order valence-electron chi connectivity index (χ0n) is 18.7. The Labute approximate surface area is 192 Å². The molecule has 7 heteroatoms. The summed E-state index contributed by atoms with van der Waals surface area (Å²) in [6.45, 7) is 2.89. The fourth-order valence-electron chi connectivity index (χ4n) is 3.53. The van der Waals surface area contributed by atoms with Gasteiger partial charge >= 0.3 is 10.9 Å². The Morgan fingerprint density at radius 2 is 1.81 bits per heavy atom. The largest absolute Gasteiger partial charge is 0.494 e. The molecule has 0 saturated carbocycles. The van der Waals surface area contributed by atoms with Crippen molar-refractivity contribution in [1.29, 1.82) is 0 Å². The Hall–Kier alpha value is -3.06. The molecule has 1 heterocycles. The molecule has 0 atom stereocenters. The summed E-state index contributed by atoms with van der Waals surface area (Å²) in [7, 11) is 1.78. The van der Waals surface area contributed by atoms with Gasteiger partial charge in [-0.2, -0.15) is 0 Å². The number of thiazole rings is 1. The first-order chi connectivity index (χ1) is 15.5. The Bertz CT molecular complexity index is 1070. The van der Waals surface area contributed by atoms with Crippen LogP contribution in [0.2, 0.25) is 0 Å². The molecular weight excluding hydrogens is 422 g/mol. The molecule has 0 aliphatic heterocycles. The van der Waals surface area contributed by atoms with Gasteiger partial charge in [0.05, 0.1) is 4.88 Å². The minimum absolute atomic E-state index is 0.0564. The normalized spacial score (nSPS) is 10.8. The average molecular weight is 454 g/mol. The lowest BCUT2D eigenvalue weighted by molar-refractivity contribution is 0.247. The van der Waals surface area contributed by atoms with Crippen LogP contribution in [-0.2, 0) is 6.42 Å². The first-order valence-electron chi connectivity index (χ1n) is 11.1. The van der Waals surface area contributed by atoms with E-state index in [1.54, 1.807) is 11.9 Å². The van der Waals surface area contributed by atoms with Crippen molar-refractivity contribution in [2.45, 2.75) is 45.4 Å². The van der Waals surface area contributed by atoms with Crippen LogP contribution in [0.4, 0.5) is 10.5 Å². The van der Waals surface area contributed by atoms with Crippen molar-refractivity contribution in [3.63, 3.8) is 0 Å². The number of rotatable bonds is 10. The molecule has 0 aliphatic rings. The molecule has 2 amide bonds. The summed E-state index contributed by atoms with van der Waals surface area (Å²) in [5, 5.41) is 12.8. The second-order valence-electron chi connectivity index (χ2n) is 7.92. The number of nitrogens with one attached hydrogen (secondary N) is 2. The maximum Gasteiger partial charge on any atom is 0.321 e.